The van der Waals surface area contributed by atoms with Crippen molar-refractivity contribution in [3.63, 3.8) is 0 Å². The van der Waals surface area contributed by atoms with Gasteiger partial charge in [-0.05, 0) is 36.6 Å². The fraction of sp³-hybridized carbons (Fsp3) is 0.167. The maximum atomic E-state index is 11.7. The van der Waals surface area contributed by atoms with E-state index in [0.717, 1.165) is 0 Å². The Hall–Kier alpha value is -1.81. The van der Waals surface area contributed by atoms with E-state index in [1.54, 1.807) is 31.2 Å². The van der Waals surface area contributed by atoms with E-state index in [1.165, 1.54) is 0 Å². The Kier molecular flexibility index (Phi) is 3.15. The molecule has 0 fully saturated rings. The minimum atomic E-state index is -0.550. The third-order valence-corrected chi connectivity index (χ3v) is 2.54. The van der Waals surface area contributed by atoms with Gasteiger partial charge in [-0.1, -0.05) is 11.6 Å². The fourth-order valence-electron chi connectivity index (χ4n) is 1.56. The summed E-state index contributed by atoms with van der Waals surface area (Å²) < 4.78 is 4.82. The van der Waals surface area contributed by atoms with Gasteiger partial charge in [0.25, 0.3) is 5.56 Å². The minimum absolute atomic E-state index is 0.131. The lowest BCUT2D eigenvalue weighted by Crippen LogP contribution is -2.15. The molecule has 0 aliphatic carbocycles. The zero-order valence-electron chi connectivity index (χ0n) is 9.12. The number of rotatable bonds is 2. The average molecular weight is 252 g/mol. The standard InChI is InChI=1S/C12H10ClNO3/c1-2-17-12(16)10-6-7-5-8(13)3-4-9(7)11(15)14-10/h3-6H,2H2,1H3,(H,14,15). The number of carbonyl (C=O) groups is 1. The first-order chi connectivity index (χ1) is 8.11. The van der Waals surface area contributed by atoms with Crippen molar-refractivity contribution in [2.45, 2.75) is 6.92 Å². The second-order valence-corrected chi connectivity index (χ2v) is 3.90. The molecular weight excluding hydrogens is 242 g/mol. The van der Waals surface area contributed by atoms with Gasteiger partial charge in [-0.2, -0.15) is 0 Å². The Morgan fingerprint density at radius 2 is 2.18 bits per heavy atom. The molecule has 0 radical (unpaired) electrons. The van der Waals surface area contributed by atoms with Crippen LogP contribution >= 0.6 is 11.6 Å². The predicted molar refractivity (Wildman–Crippen MR) is 65.5 cm³/mol. The van der Waals surface area contributed by atoms with Crippen molar-refractivity contribution in [3.8, 4) is 0 Å². The van der Waals surface area contributed by atoms with Crippen molar-refractivity contribution in [2.24, 2.45) is 0 Å². The lowest BCUT2D eigenvalue weighted by molar-refractivity contribution is 0.0519. The number of hydrogen-bond acceptors (Lipinski definition) is 3. The van der Waals surface area contributed by atoms with Crippen LogP contribution in [-0.4, -0.2) is 17.6 Å². The number of halogens is 1. The molecule has 2 aromatic rings. The van der Waals surface area contributed by atoms with Gasteiger partial charge in [-0.25, -0.2) is 4.79 Å². The summed E-state index contributed by atoms with van der Waals surface area (Å²) in [5.41, 5.74) is -0.200. The number of esters is 1. The molecule has 0 unspecified atom stereocenters. The van der Waals surface area contributed by atoms with E-state index in [4.69, 9.17) is 16.3 Å². The maximum Gasteiger partial charge on any atom is 0.354 e. The van der Waals surface area contributed by atoms with E-state index >= 15 is 0 Å². The van der Waals surface area contributed by atoms with Gasteiger partial charge in [0, 0.05) is 10.4 Å². The van der Waals surface area contributed by atoms with Crippen LogP contribution in [0.3, 0.4) is 0 Å². The molecular formula is C12H10ClNO3. The first kappa shape index (κ1) is 11.7. The number of carbonyl (C=O) groups excluding carboxylic acids is 1. The maximum absolute atomic E-state index is 11.7. The minimum Gasteiger partial charge on any atom is -0.461 e. The van der Waals surface area contributed by atoms with Crippen LogP contribution in [-0.2, 0) is 4.74 Å². The van der Waals surface area contributed by atoms with Crippen molar-refractivity contribution in [3.05, 3.63) is 45.3 Å². The lowest BCUT2D eigenvalue weighted by Gasteiger charge is -2.03. The summed E-state index contributed by atoms with van der Waals surface area (Å²) in [6, 6.07) is 6.43. The van der Waals surface area contributed by atoms with Gasteiger partial charge in [0.2, 0.25) is 0 Å². The molecule has 2 rings (SSSR count). The number of nitrogens with one attached hydrogen (secondary N) is 1. The van der Waals surface area contributed by atoms with Gasteiger partial charge >= 0.3 is 5.97 Å². The van der Waals surface area contributed by atoms with E-state index in [1.807, 2.05) is 0 Å². The van der Waals surface area contributed by atoms with Crippen LogP contribution in [0.15, 0.2) is 29.1 Å². The number of pyridine rings is 1. The smallest absolute Gasteiger partial charge is 0.354 e. The normalized spacial score (nSPS) is 10.5. The topological polar surface area (TPSA) is 59.2 Å². The SMILES string of the molecule is CCOC(=O)c1cc2cc(Cl)ccc2c(=O)[nH]1. The van der Waals surface area contributed by atoms with Crippen LogP contribution in [0, 0.1) is 0 Å². The zero-order valence-corrected chi connectivity index (χ0v) is 9.88. The van der Waals surface area contributed by atoms with Gasteiger partial charge in [-0.3, -0.25) is 4.79 Å². The molecule has 0 aliphatic heterocycles. The average Bonchev–Trinajstić information content (AvgIpc) is 2.28. The van der Waals surface area contributed by atoms with E-state index in [9.17, 15) is 9.59 Å². The summed E-state index contributed by atoms with van der Waals surface area (Å²) in [7, 11) is 0. The van der Waals surface area contributed by atoms with Crippen molar-refractivity contribution in [1.82, 2.24) is 4.98 Å². The number of aromatic nitrogens is 1. The lowest BCUT2D eigenvalue weighted by atomic mass is 10.1. The largest absolute Gasteiger partial charge is 0.461 e. The molecule has 1 aromatic heterocycles. The molecule has 0 spiro atoms. The molecule has 4 nitrogen and oxygen atoms in total. The number of fused-ring (bicyclic) bond motifs is 1. The van der Waals surface area contributed by atoms with Gasteiger partial charge in [-0.15, -0.1) is 0 Å². The summed E-state index contributed by atoms with van der Waals surface area (Å²) >= 11 is 5.84. The molecule has 0 saturated carbocycles. The van der Waals surface area contributed by atoms with Crippen LogP contribution in [0.1, 0.15) is 17.4 Å². The summed E-state index contributed by atoms with van der Waals surface area (Å²) in [5, 5.41) is 1.62. The molecule has 0 atom stereocenters. The first-order valence-electron chi connectivity index (χ1n) is 5.11. The third-order valence-electron chi connectivity index (χ3n) is 2.30. The molecule has 1 heterocycles. The van der Waals surface area contributed by atoms with Crippen molar-refractivity contribution in [2.75, 3.05) is 6.61 Å². The quantitative estimate of drug-likeness (QED) is 0.834. The molecule has 0 amide bonds. The zero-order chi connectivity index (χ0) is 12.4. The first-order valence-corrected chi connectivity index (χ1v) is 5.49. The molecule has 0 bridgehead atoms. The molecule has 5 heteroatoms. The highest BCUT2D eigenvalue weighted by molar-refractivity contribution is 6.31. The second kappa shape index (κ2) is 4.59. The highest BCUT2D eigenvalue weighted by Crippen LogP contribution is 2.17. The monoisotopic (exact) mass is 251 g/mol. The highest BCUT2D eigenvalue weighted by atomic mass is 35.5. The predicted octanol–water partition coefficient (Wildman–Crippen LogP) is 2.36. The molecule has 1 N–H and O–H groups in total. The summed E-state index contributed by atoms with van der Waals surface area (Å²) in [6.07, 6.45) is 0. The fourth-order valence-corrected chi connectivity index (χ4v) is 1.74. The number of H-pyrrole nitrogens is 1. The number of hydrogen-bond donors (Lipinski definition) is 1. The van der Waals surface area contributed by atoms with Crippen molar-refractivity contribution >= 4 is 28.3 Å². The van der Waals surface area contributed by atoms with Gasteiger partial charge < -0.3 is 9.72 Å². The molecule has 1 aromatic carbocycles. The van der Waals surface area contributed by atoms with E-state index in [-0.39, 0.29) is 17.9 Å². The van der Waals surface area contributed by atoms with Gasteiger partial charge in [0.05, 0.1) is 6.61 Å². The van der Waals surface area contributed by atoms with Crippen molar-refractivity contribution < 1.29 is 9.53 Å². The third kappa shape index (κ3) is 2.31. The Morgan fingerprint density at radius 1 is 1.41 bits per heavy atom. The highest BCUT2D eigenvalue weighted by Gasteiger charge is 2.10. The van der Waals surface area contributed by atoms with E-state index in [2.05, 4.69) is 4.98 Å². The molecule has 17 heavy (non-hydrogen) atoms. The van der Waals surface area contributed by atoms with Crippen LogP contribution in [0.5, 0.6) is 0 Å². The number of benzene rings is 1. The van der Waals surface area contributed by atoms with E-state index < -0.39 is 5.97 Å². The Balaban J connectivity index is 2.61. The van der Waals surface area contributed by atoms with Crippen LogP contribution in [0.25, 0.3) is 10.8 Å². The summed E-state index contributed by atoms with van der Waals surface area (Å²) in [6.45, 7) is 1.96. The van der Waals surface area contributed by atoms with Crippen LogP contribution in [0.4, 0.5) is 0 Å². The van der Waals surface area contributed by atoms with Gasteiger partial charge in [0.15, 0.2) is 0 Å². The van der Waals surface area contributed by atoms with Crippen LogP contribution in [0.2, 0.25) is 5.02 Å². The second-order valence-electron chi connectivity index (χ2n) is 3.46. The Morgan fingerprint density at radius 3 is 2.88 bits per heavy atom. The Labute approximate surface area is 102 Å². The van der Waals surface area contributed by atoms with Crippen molar-refractivity contribution in [1.29, 1.82) is 0 Å². The summed E-state index contributed by atoms with van der Waals surface area (Å²) in [5.74, 6) is -0.550. The molecule has 88 valence electrons. The van der Waals surface area contributed by atoms with Crippen LogP contribution < -0.4 is 5.56 Å². The molecule has 0 aliphatic rings. The molecule has 0 saturated heterocycles. The Bertz CT molecular complexity index is 633. The van der Waals surface area contributed by atoms with E-state index in [0.29, 0.717) is 15.8 Å². The number of ether oxygens (including phenoxy) is 1. The van der Waals surface area contributed by atoms with Gasteiger partial charge in [0.1, 0.15) is 5.69 Å². The number of aromatic amines is 1. The summed E-state index contributed by atoms with van der Waals surface area (Å²) in [4.78, 5) is 25.7.